The normalized spacial score (nSPS) is 25.8. The van der Waals surface area contributed by atoms with Crippen molar-refractivity contribution in [3.8, 4) is 0 Å². The van der Waals surface area contributed by atoms with Crippen LogP contribution in [0.25, 0.3) is 0 Å². The molecule has 16 heavy (non-hydrogen) atoms. The Kier molecular flexibility index (Phi) is 5.81. The molecule has 1 aliphatic carbocycles. The van der Waals surface area contributed by atoms with Crippen LogP contribution in [-0.2, 0) is 4.79 Å². The standard InChI is InChI=1S/C13H26N2O/c1-3-10(4-2)9-15-13(16)11-7-5-6-8-12(11)14/h10-12H,3-9,14H2,1-2H3,(H,15,16). The third-order valence-electron chi connectivity index (χ3n) is 3.88. The highest BCUT2D eigenvalue weighted by Crippen LogP contribution is 2.23. The van der Waals surface area contributed by atoms with Gasteiger partial charge in [-0.25, -0.2) is 0 Å². The molecule has 0 heterocycles. The summed E-state index contributed by atoms with van der Waals surface area (Å²) >= 11 is 0. The van der Waals surface area contributed by atoms with E-state index in [0.717, 1.165) is 38.6 Å². The first kappa shape index (κ1) is 13.5. The van der Waals surface area contributed by atoms with Crippen LogP contribution in [0.15, 0.2) is 0 Å². The Balaban J connectivity index is 2.33. The van der Waals surface area contributed by atoms with E-state index in [4.69, 9.17) is 5.73 Å². The molecule has 0 aromatic heterocycles. The minimum Gasteiger partial charge on any atom is -0.356 e. The van der Waals surface area contributed by atoms with Crippen LogP contribution in [0, 0.1) is 11.8 Å². The fourth-order valence-electron chi connectivity index (χ4n) is 2.44. The molecule has 1 amide bonds. The van der Waals surface area contributed by atoms with Gasteiger partial charge < -0.3 is 11.1 Å². The van der Waals surface area contributed by atoms with E-state index in [9.17, 15) is 4.79 Å². The molecule has 0 spiro atoms. The van der Waals surface area contributed by atoms with Crippen molar-refractivity contribution in [1.29, 1.82) is 0 Å². The highest BCUT2D eigenvalue weighted by Gasteiger charge is 2.28. The van der Waals surface area contributed by atoms with Crippen molar-refractivity contribution < 1.29 is 4.79 Å². The van der Waals surface area contributed by atoms with Crippen LogP contribution < -0.4 is 11.1 Å². The molecule has 3 N–H and O–H groups in total. The molecule has 94 valence electrons. The minimum absolute atomic E-state index is 0.0584. The van der Waals surface area contributed by atoms with Gasteiger partial charge in [0.05, 0.1) is 5.92 Å². The van der Waals surface area contributed by atoms with Gasteiger partial charge in [-0.3, -0.25) is 4.79 Å². The first-order valence-electron chi connectivity index (χ1n) is 6.72. The summed E-state index contributed by atoms with van der Waals surface area (Å²) in [5, 5.41) is 3.07. The molecule has 3 heteroatoms. The highest BCUT2D eigenvalue weighted by molar-refractivity contribution is 5.79. The van der Waals surface area contributed by atoms with Crippen molar-refractivity contribution in [1.82, 2.24) is 5.32 Å². The SMILES string of the molecule is CCC(CC)CNC(=O)C1CCCCC1N. The van der Waals surface area contributed by atoms with Gasteiger partial charge in [0, 0.05) is 12.6 Å². The average Bonchev–Trinajstić information content (AvgIpc) is 2.30. The maximum Gasteiger partial charge on any atom is 0.224 e. The first-order chi connectivity index (χ1) is 7.69. The second-order valence-corrected chi connectivity index (χ2v) is 4.98. The molecule has 0 aromatic rings. The Morgan fingerprint density at radius 2 is 1.94 bits per heavy atom. The van der Waals surface area contributed by atoms with Crippen LogP contribution in [0.2, 0.25) is 0 Å². The lowest BCUT2D eigenvalue weighted by Crippen LogP contribution is -2.44. The van der Waals surface area contributed by atoms with Gasteiger partial charge in [0.2, 0.25) is 5.91 Å². The van der Waals surface area contributed by atoms with Gasteiger partial charge in [-0.05, 0) is 18.8 Å². The third-order valence-corrected chi connectivity index (χ3v) is 3.88. The van der Waals surface area contributed by atoms with Crippen LogP contribution in [0.4, 0.5) is 0 Å². The fraction of sp³-hybridized carbons (Fsp3) is 0.923. The second-order valence-electron chi connectivity index (χ2n) is 4.98. The summed E-state index contributed by atoms with van der Waals surface area (Å²) in [6.07, 6.45) is 6.56. The fourth-order valence-corrected chi connectivity index (χ4v) is 2.44. The van der Waals surface area contributed by atoms with E-state index in [1.807, 2.05) is 0 Å². The lowest BCUT2D eigenvalue weighted by atomic mass is 9.84. The van der Waals surface area contributed by atoms with E-state index in [0.29, 0.717) is 5.92 Å². The van der Waals surface area contributed by atoms with Crippen molar-refractivity contribution in [2.24, 2.45) is 17.6 Å². The number of rotatable bonds is 5. The zero-order valence-corrected chi connectivity index (χ0v) is 10.7. The van der Waals surface area contributed by atoms with Crippen molar-refractivity contribution in [2.75, 3.05) is 6.54 Å². The Hall–Kier alpha value is -0.570. The van der Waals surface area contributed by atoms with E-state index in [1.54, 1.807) is 0 Å². The molecule has 1 fully saturated rings. The number of amides is 1. The lowest BCUT2D eigenvalue weighted by Gasteiger charge is -2.28. The van der Waals surface area contributed by atoms with Crippen LogP contribution >= 0.6 is 0 Å². The van der Waals surface area contributed by atoms with Gasteiger partial charge in [-0.15, -0.1) is 0 Å². The molecule has 0 aromatic carbocycles. The molecule has 1 rings (SSSR count). The Morgan fingerprint density at radius 1 is 1.31 bits per heavy atom. The Morgan fingerprint density at radius 3 is 2.50 bits per heavy atom. The van der Waals surface area contributed by atoms with E-state index < -0.39 is 0 Å². The van der Waals surface area contributed by atoms with E-state index >= 15 is 0 Å². The van der Waals surface area contributed by atoms with Gasteiger partial charge in [0.15, 0.2) is 0 Å². The quantitative estimate of drug-likeness (QED) is 0.754. The van der Waals surface area contributed by atoms with Gasteiger partial charge >= 0.3 is 0 Å². The predicted octanol–water partition coefficient (Wildman–Crippen LogP) is 2.06. The first-order valence-corrected chi connectivity index (χ1v) is 6.72. The summed E-state index contributed by atoms with van der Waals surface area (Å²) in [6.45, 7) is 5.16. The lowest BCUT2D eigenvalue weighted by molar-refractivity contribution is -0.126. The van der Waals surface area contributed by atoms with Gasteiger partial charge in [0.1, 0.15) is 0 Å². The molecule has 2 unspecified atom stereocenters. The number of hydrogen-bond donors (Lipinski definition) is 2. The van der Waals surface area contributed by atoms with Gasteiger partial charge in [0.25, 0.3) is 0 Å². The average molecular weight is 226 g/mol. The molecule has 0 saturated heterocycles. The molecule has 2 atom stereocenters. The Labute approximate surface area is 99.2 Å². The molecular formula is C13H26N2O. The Bertz CT molecular complexity index is 214. The monoisotopic (exact) mass is 226 g/mol. The van der Waals surface area contributed by atoms with Gasteiger partial charge in [-0.1, -0.05) is 39.5 Å². The third kappa shape index (κ3) is 3.78. The van der Waals surface area contributed by atoms with Crippen molar-refractivity contribution in [2.45, 2.75) is 58.4 Å². The molecular weight excluding hydrogens is 200 g/mol. The summed E-state index contributed by atoms with van der Waals surface area (Å²) in [4.78, 5) is 12.0. The zero-order valence-electron chi connectivity index (χ0n) is 10.7. The predicted molar refractivity (Wildman–Crippen MR) is 67.0 cm³/mol. The highest BCUT2D eigenvalue weighted by atomic mass is 16.1. The number of nitrogens with two attached hydrogens (primary N) is 1. The van der Waals surface area contributed by atoms with E-state index in [1.165, 1.54) is 6.42 Å². The smallest absolute Gasteiger partial charge is 0.224 e. The maximum absolute atomic E-state index is 12.0. The van der Waals surface area contributed by atoms with Crippen LogP contribution in [0.3, 0.4) is 0 Å². The second kappa shape index (κ2) is 6.89. The maximum atomic E-state index is 12.0. The number of nitrogens with one attached hydrogen (secondary N) is 1. The summed E-state index contributed by atoms with van der Waals surface area (Å²) in [5.74, 6) is 0.853. The number of hydrogen-bond acceptors (Lipinski definition) is 2. The van der Waals surface area contributed by atoms with E-state index in [2.05, 4.69) is 19.2 Å². The van der Waals surface area contributed by atoms with Crippen LogP contribution in [0.1, 0.15) is 52.4 Å². The minimum atomic E-state index is 0.0584. The topological polar surface area (TPSA) is 55.1 Å². The molecule has 1 saturated carbocycles. The summed E-state index contributed by atoms with van der Waals surface area (Å²) in [5.41, 5.74) is 5.99. The van der Waals surface area contributed by atoms with Crippen molar-refractivity contribution >= 4 is 5.91 Å². The summed E-state index contributed by atoms with van der Waals surface area (Å²) in [6, 6.07) is 0.0791. The summed E-state index contributed by atoms with van der Waals surface area (Å²) < 4.78 is 0. The van der Waals surface area contributed by atoms with Gasteiger partial charge in [-0.2, -0.15) is 0 Å². The molecule has 0 aliphatic heterocycles. The summed E-state index contributed by atoms with van der Waals surface area (Å²) in [7, 11) is 0. The zero-order chi connectivity index (χ0) is 12.0. The molecule has 1 aliphatic rings. The van der Waals surface area contributed by atoms with Crippen LogP contribution in [-0.4, -0.2) is 18.5 Å². The largest absolute Gasteiger partial charge is 0.356 e. The molecule has 0 bridgehead atoms. The molecule has 0 radical (unpaired) electrons. The van der Waals surface area contributed by atoms with Crippen LogP contribution in [0.5, 0.6) is 0 Å². The molecule has 3 nitrogen and oxygen atoms in total. The van der Waals surface area contributed by atoms with Crippen molar-refractivity contribution in [3.05, 3.63) is 0 Å². The number of carbonyl (C=O) groups is 1. The van der Waals surface area contributed by atoms with E-state index in [-0.39, 0.29) is 17.9 Å². The number of carbonyl (C=O) groups excluding carboxylic acids is 1. The van der Waals surface area contributed by atoms with Crippen molar-refractivity contribution in [3.63, 3.8) is 0 Å².